The van der Waals surface area contributed by atoms with Gasteiger partial charge in [-0.3, -0.25) is 0 Å². The lowest BCUT2D eigenvalue weighted by Gasteiger charge is -2.09. The largest absolute Gasteiger partial charge is 0.378 e. The lowest BCUT2D eigenvalue weighted by atomic mass is 10.5. The van der Waals surface area contributed by atoms with Crippen LogP contribution in [-0.2, 0) is 18.9 Å². The Bertz CT molecular complexity index is 406. The summed E-state index contributed by atoms with van der Waals surface area (Å²) in [5.41, 5.74) is 10.7. The molecule has 10 nitrogen and oxygen atoms in total. The van der Waals surface area contributed by atoms with E-state index >= 15 is 0 Å². The molecule has 1 rings (SSSR count). The molecule has 1 aromatic rings. The average Bonchev–Trinajstić information content (AvgIpc) is 2.66. The fraction of sp³-hybridized carbons (Fsp3) is 0.750. The van der Waals surface area contributed by atoms with Gasteiger partial charge in [-0.2, -0.15) is 4.98 Å². The van der Waals surface area contributed by atoms with E-state index in [1.165, 1.54) is 0 Å². The van der Waals surface area contributed by atoms with Crippen LogP contribution in [0.15, 0.2) is 12.3 Å². The highest BCUT2D eigenvalue weighted by atomic mass is 16.5. The Morgan fingerprint density at radius 3 is 1.85 bits per heavy atom. The van der Waals surface area contributed by atoms with E-state index in [9.17, 15) is 0 Å². The third kappa shape index (κ3) is 12.8. The number of anilines is 2. The number of nitrogens with one attached hydrogen (secondary N) is 2. The number of aromatic nitrogens is 2. The van der Waals surface area contributed by atoms with Crippen LogP contribution in [0.3, 0.4) is 0 Å². The van der Waals surface area contributed by atoms with Gasteiger partial charge in [0.15, 0.2) is 0 Å². The average molecular weight is 372 g/mol. The molecule has 0 amide bonds. The minimum absolute atomic E-state index is 0.526. The quantitative estimate of drug-likeness (QED) is 0.244. The van der Waals surface area contributed by atoms with E-state index < -0.39 is 0 Å². The first kappa shape index (κ1) is 22.5. The van der Waals surface area contributed by atoms with Crippen LogP contribution in [-0.4, -0.2) is 89.0 Å². The third-order valence-electron chi connectivity index (χ3n) is 3.01. The predicted octanol–water partition coefficient (Wildman–Crippen LogP) is -0.716. The first-order valence-corrected chi connectivity index (χ1v) is 8.88. The van der Waals surface area contributed by atoms with Crippen LogP contribution in [0.1, 0.15) is 0 Å². The van der Waals surface area contributed by atoms with Crippen molar-refractivity contribution in [1.82, 2.24) is 9.97 Å². The second kappa shape index (κ2) is 16.9. The van der Waals surface area contributed by atoms with E-state index in [2.05, 4.69) is 20.6 Å². The fourth-order valence-corrected chi connectivity index (χ4v) is 1.84. The second-order valence-electron chi connectivity index (χ2n) is 5.15. The molecule has 6 N–H and O–H groups in total. The van der Waals surface area contributed by atoms with Crippen LogP contribution in [0.4, 0.5) is 11.8 Å². The van der Waals surface area contributed by atoms with Gasteiger partial charge in [0.2, 0.25) is 5.95 Å². The zero-order valence-corrected chi connectivity index (χ0v) is 15.3. The fourth-order valence-electron chi connectivity index (χ4n) is 1.84. The maximum Gasteiger partial charge on any atom is 0.224 e. The zero-order valence-electron chi connectivity index (χ0n) is 15.3. The normalized spacial score (nSPS) is 10.8. The van der Waals surface area contributed by atoms with Gasteiger partial charge in [-0.1, -0.05) is 0 Å². The van der Waals surface area contributed by atoms with Gasteiger partial charge in [0, 0.05) is 32.4 Å². The van der Waals surface area contributed by atoms with E-state index in [4.69, 9.17) is 30.4 Å². The molecule has 0 aliphatic rings. The number of hydrogen-bond acceptors (Lipinski definition) is 10. The van der Waals surface area contributed by atoms with Crippen molar-refractivity contribution in [3.8, 4) is 0 Å². The lowest BCUT2D eigenvalue weighted by Crippen LogP contribution is -2.17. The molecule has 0 aromatic carbocycles. The lowest BCUT2D eigenvalue weighted by molar-refractivity contribution is 0.0547. The second-order valence-corrected chi connectivity index (χ2v) is 5.15. The maximum atomic E-state index is 5.44. The Morgan fingerprint density at radius 1 is 0.731 bits per heavy atom. The topological polar surface area (TPSA) is 139 Å². The summed E-state index contributed by atoms with van der Waals surface area (Å²) in [6.45, 7) is 6.76. The molecule has 150 valence electrons. The van der Waals surface area contributed by atoms with Crippen LogP contribution in [0.25, 0.3) is 0 Å². The predicted molar refractivity (Wildman–Crippen MR) is 100 cm³/mol. The van der Waals surface area contributed by atoms with Gasteiger partial charge >= 0.3 is 0 Å². The SMILES string of the molecule is NCCOCCOCCNc1ccnc(NCCOCCOCCN)n1. The highest BCUT2D eigenvalue weighted by Gasteiger charge is 1.99. The minimum atomic E-state index is 0.526. The molecule has 1 aromatic heterocycles. The number of nitrogens with two attached hydrogens (primary N) is 2. The van der Waals surface area contributed by atoms with Crippen LogP contribution in [0.5, 0.6) is 0 Å². The molecule has 26 heavy (non-hydrogen) atoms. The molecule has 0 aliphatic heterocycles. The van der Waals surface area contributed by atoms with Gasteiger partial charge in [-0.05, 0) is 6.07 Å². The van der Waals surface area contributed by atoms with Gasteiger partial charge in [-0.25, -0.2) is 4.98 Å². The van der Waals surface area contributed by atoms with E-state index in [-0.39, 0.29) is 0 Å². The summed E-state index contributed by atoms with van der Waals surface area (Å²) in [5, 5.41) is 6.29. The Kier molecular flexibility index (Phi) is 14.6. The molecule has 0 unspecified atom stereocenters. The number of ether oxygens (including phenoxy) is 4. The first-order chi connectivity index (χ1) is 12.9. The molecule has 0 fully saturated rings. The van der Waals surface area contributed by atoms with Gasteiger partial charge in [0.25, 0.3) is 0 Å². The number of rotatable bonds is 18. The van der Waals surface area contributed by atoms with Crippen molar-refractivity contribution in [1.29, 1.82) is 0 Å². The van der Waals surface area contributed by atoms with Crippen LogP contribution < -0.4 is 22.1 Å². The molecule has 0 aliphatic carbocycles. The van der Waals surface area contributed by atoms with E-state index in [0.717, 1.165) is 5.82 Å². The molecule has 10 heteroatoms. The van der Waals surface area contributed by atoms with E-state index in [1.54, 1.807) is 12.3 Å². The molecule has 0 radical (unpaired) electrons. The van der Waals surface area contributed by atoms with Gasteiger partial charge < -0.3 is 41.0 Å². The molecule has 0 spiro atoms. The summed E-state index contributed by atoms with van der Waals surface area (Å²) in [4.78, 5) is 8.54. The highest BCUT2D eigenvalue weighted by molar-refractivity contribution is 5.39. The maximum absolute atomic E-state index is 5.44. The van der Waals surface area contributed by atoms with Crippen molar-refractivity contribution in [2.75, 3.05) is 89.7 Å². The first-order valence-electron chi connectivity index (χ1n) is 8.88. The van der Waals surface area contributed by atoms with Crippen LogP contribution in [0, 0.1) is 0 Å². The van der Waals surface area contributed by atoms with Crippen LogP contribution in [0.2, 0.25) is 0 Å². The Labute approximate surface area is 154 Å². The van der Waals surface area contributed by atoms with Crippen molar-refractivity contribution < 1.29 is 18.9 Å². The van der Waals surface area contributed by atoms with Crippen molar-refractivity contribution in [2.45, 2.75) is 0 Å². The highest BCUT2D eigenvalue weighted by Crippen LogP contribution is 2.04. The molecule has 0 atom stereocenters. The van der Waals surface area contributed by atoms with Crippen molar-refractivity contribution in [3.63, 3.8) is 0 Å². The standard InChI is InChI=1S/C16H32N6O4/c17-2-7-23-11-13-25-9-5-19-15-1-4-20-16(22-15)21-6-10-26-14-12-24-8-3-18/h1,4H,2-3,5-14,17-18H2,(H2,19,20,21,22). The Morgan fingerprint density at radius 2 is 1.27 bits per heavy atom. The summed E-state index contributed by atoms with van der Waals surface area (Å²) in [7, 11) is 0. The molecule has 0 saturated carbocycles. The zero-order chi connectivity index (χ0) is 18.7. The molecule has 0 saturated heterocycles. The van der Waals surface area contributed by atoms with Crippen molar-refractivity contribution >= 4 is 11.8 Å². The Balaban J connectivity index is 2.03. The number of nitrogens with zero attached hydrogens (tertiary/aromatic N) is 2. The molecule has 1 heterocycles. The summed E-state index contributed by atoms with van der Waals surface area (Å²) >= 11 is 0. The minimum Gasteiger partial charge on any atom is -0.378 e. The summed E-state index contributed by atoms with van der Waals surface area (Å²) < 4.78 is 21.3. The third-order valence-corrected chi connectivity index (χ3v) is 3.01. The molecular formula is C16H32N6O4. The van der Waals surface area contributed by atoms with E-state index in [1.807, 2.05) is 0 Å². The van der Waals surface area contributed by atoms with Crippen LogP contribution >= 0.6 is 0 Å². The summed E-state index contributed by atoms with van der Waals surface area (Å²) in [5.74, 6) is 1.29. The monoisotopic (exact) mass is 372 g/mol. The molecular weight excluding hydrogens is 340 g/mol. The van der Waals surface area contributed by atoms with Gasteiger partial charge in [0.05, 0.1) is 52.9 Å². The summed E-state index contributed by atoms with van der Waals surface area (Å²) in [6.07, 6.45) is 1.70. The molecule has 0 bridgehead atoms. The van der Waals surface area contributed by atoms with Gasteiger partial charge in [-0.15, -0.1) is 0 Å². The van der Waals surface area contributed by atoms with Crippen molar-refractivity contribution in [3.05, 3.63) is 12.3 Å². The Hall–Kier alpha value is -1.56. The van der Waals surface area contributed by atoms with E-state index in [0.29, 0.717) is 85.0 Å². The smallest absolute Gasteiger partial charge is 0.224 e. The van der Waals surface area contributed by atoms with Crippen molar-refractivity contribution in [2.24, 2.45) is 11.5 Å². The number of hydrogen-bond donors (Lipinski definition) is 4. The van der Waals surface area contributed by atoms with Gasteiger partial charge in [0.1, 0.15) is 5.82 Å². The summed E-state index contributed by atoms with van der Waals surface area (Å²) in [6, 6.07) is 1.81.